The van der Waals surface area contributed by atoms with Crippen LogP contribution < -0.4 is 10.6 Å². The van der Waals surface area contributed by atoms with Gasteiger partial charge in [0, 0.05) is 20.1 Å². The Morgan fingerprint density at radius 2 is 2.07 bits per heavy atom. The fraction of sp³-hybridized carbons (Fsp3) is 0.750. The topological polar surface area (TPSA) is 102 Å². The zero-order valence-electron chi connectivity index (χ0n) is 8.86. The molecule has 7 nitrogen and oxygen atoms in total. The van der Waals surface area contributed by atoms with Crippen molar-refractivity contribution in [2.24, 2.45) is 0 Å². The zero-order chi connectivity index (χ0) is 11.8. The van der Waals surface area contributed by atoms with Crippen LogP contribution in [0.15, 0.2) is 0 Å². The molecule has 0 aromatic carbocycles. The van der Waals surface area contributed by atoms with Gasteiger partial charge in [0.1, 0.15) is 0 Å². The summed E-state index contributed by atoms with van der Waals surface area (Å²) in [6.07, 6.45) is -1.56. The molecule has 88 valence electrons. The fourth-order valence-corrected chi connectivity index (χ4v) is 0.787. The SMILES string of the molecule is CNCCN(C)C(=O)NC[C@H](O)C(=O)O. The second-order valence-electron chi connectivity index (χ2n) is 3.07. The zero-order valence-corrected chi connectivity index (χ0v) is 8.86. The summed E-state index contributed by atoms with van der Waals surface area (Å²) >= 11 is 0. The van der Waals surface area contributed by atoms with E-state index in [4.69, 9.17) is 10.2 Å². The molecule has 0 unspecified atom stereocenters. The number of aliphatic carboxylic acids is 1. The number of amides is 2. The molecule has 0 aliphatic heterocycles. The molecular weight excluding hydrogens is 202 g/mol. The van der Waals surface area contributed by atoms with E-state index in [0.29, 0.717) is 13.1 Å². The van der Waals surface area contributed by atoms with Gasteiger partial charge in [0.05, 0.1) is 6.54 Å². The number of hydrogen-bond acceptors (Lipinski definition) is 4. The predicted molar refractivity (Wildman–Crippen MR) is 53.6 cm³/mol. The molecule has 4 N–H and O–H groups in total. The Labute approximate surface area is 88.1 Å². The molecule has 15 heavy (non-hydrogen) atoms. The Morgan fingerprint density at radius 1 is 1.47 bits per heavy atom. The Hall–Kier alpha value is -1.34. The smallest absolute Gasteiger partial charge is 0.334 e. The van der Waals surface area contributed by atoms with Crippen LogP contribution >= 0.6 is 0 Å². The number of hydrogen-bond donors (Lipinski definition) is 4. The average molecular weight is 219 g/mol. The maximum absolute atomic E-state index is 11.3. The molecule has 0 fully saturated rings. The van der Waals surface area contributed by atoms with Crippen LogP contribution in [0.1, 0.15) is 0 Å². The van der Waals surface area contributed by atoms with Gasteiger partial charge < -0.3 is 25.7 Å². The molecule has 7 heteroatoms. The van der Waals surface area contributed by atoms with Gasteiger partial charge in [-0.1, -0.05) is 0 Å². The minimum absolute atomic E-state index is 0.294. The minimum Gasteiger partial charge on any atom is -0.479 e. The number of aliphatic hydroxyl groups is 1. The number of nitrogens with one attached hydrogen (secondary N) is 2. The molecule has 0 saturated carbocycles. The van der Waals surface area contributed by atoms with Crippen molar-refractivity contribution >= 4 is 12.0 Å². The van der Waals surface area contributed by atoms with Gasteiger partial charge in [-0.25, -0.2) is 9.59 Å². The van der Waals surface area contributed by atoms with E-state index in [2.05, 4.69) is 10.6 Å². The van der Waals surface area contributed by atoms with E-state index >= 15 is 0 Å². The fourth-order valence-electron chi connectivity index (χ4n) is 0.787. The number of nitrogens with zero attached hydrogens (tertiary/aromatic N) is 1. The standard InChI is InChI=1S/C8H17N3O4/c1-9-3-4-11(2)8(15)10-5-6(12)7(13)14/h6,9,12H,3-5H2,1-2H3,(H,10,15)(H,13,14)/t6-/m0/s1. The van der Waals surface area contributed by atoms with Crippen LogP contribution in [0.25, 0.3) is 0 Å². The maximum atomic E-state index is 11.3. The third-order valence-corrected chi connectivity index (χ3v) is 1.78. The van der Waals surface area contributed by atoms with Crippen LogP contribution in [-0.4, -0.2) is 66.9 Å². The maximum Gasteiger partial charge on any atom is 0.334 e. The molecule has 1 atom stereocenters. The van der Waals surface area contributed by atoms with Gasteiger partial charge in [-0.05, 0) is 7.05 Å². The Kier molecular flexibility index (Phi) is 6.39. The van der Waals surface area contributed by atoms with Crippen LogP contribution in [0.2, 0.25) is 0 Å². The summed E-state index contributed by atoms with van der Waals surface area (Å²) in [6.45, 7) is 0.856. The molecule has 0 heterocycles. The van der Waals surface area contributed by atoms with E-state index < -0.39 is 18.1 Å². The van der Waals surface area contributed by atoms with E-state index in [-0.39, 0.29) is 6.54 Å². The van der Waals surface area contributed by atoms with Gasteiger partial charge in [0.15, 0.2) is 6.10 Å². The highest BCUT2D eigenvalue weighted by Gasteiger charge is 2.15. The number of carbonyl (C=O) groups is 2. The van der Waals surface area contributed by atoms with E-state index in [1.807, 2.05) is 0 Å². The quantitative estimate of drug-likeness (QED) is 0.426. The molecule has 0 aromatic heterocycles. The number of urea groups is 1. The predicted octanol–water partition coefficient (Wildman–Crippen LogP) is -1.71. The van der Waals surface area contributed by atoms with Crippen LogP contribution in [0, 0.1) is 0 Å². The summed E-state index contributed by atoms with van der Waals surface area (Å²) < 4.78 is 0. The molecule has 0 saturated heterocycles. The monoisotopic (exact) mass is 219 g/mol. The minimum atomic E-state index is -1.56. The summed E-state index contributed by atoms with van der Waals surface area (Å²) in [7, 11) is 3.35. The highest BCUT2D eigenvalue weighted by molar-refractivity contribution is 5.76. The van der Waals surface area contributed by atoms with Crippen LogP contribution in [0.4, 0.5) is 4.79 Å². The lowest BCUT2D eigenvalue weighted by Crippen LogP contribution is -2.44. The molecule has 0 aromatic rings. The number of carbonyl (C=O) groups excluding carboxylic acids is 1. The van der Waals surface area contributed by atoms with Gasteiger partial charge in [0.25, 0.3) is 0 Å². The highest BCUT2D eigenvalue weighted by Crippen LogP contribution is 1.85. The normalized spacial score (nSPS) is 11.9. The molecule has 0 aliphatic rings. The number of aliphatic hydroxyl groups excluding tert-OH is 1. The van der Waals surface area contributed by atoms with Gasteiger partial charge in [-0.2, -0.15) is 0 Å². The van der Waals surface area contributed by atoms with Crippen LogP contribution in [0.5, 0.6) is 0 Å². The average Bonchev–Trinajstić information content (AvgIpc) is 2.21. The molecular formula is C8H17N3O4. The first-order valence-corrected chi connectivity index (χ1v) is 4.53. The molecule has 0 rings (SSSR count). The number of likely N-dealkylation sites (N-methyl/N-ethyl adjacent to an activating group) is 2. The van der Waals surface area contributed by atoms with Crippen molar-refractivity contribution in [3.8, 4) is 0 Å². The molecule has 0 bridgehead atoms. The number of carboxylic acid groups (broad SMARTS) is 1. The van der Waals surface area contributed by atoms with Crippen LogP contribution in [-0.2, 0) is 4.79 Å². The Balaban J connectivity index is 3.77. The van der Waals surface area contributed by atoms with Gasteiger partial charge in [-0.15, -0.1) is 0 Å². The van der Waals surface area contributed by atoms with Crippen molar-refractivity contribution in [1.82, 2.24) is 15.5 Å². The lowest BCUT2D eigenvalue weighted by molar-refractivity contribution is -0.146. The van der Waals surface area contributed by atoms with Crippen molar-refractivity contribution in [2.45, 2.75) is 6.10 Å². The second-order valence-corrected chi connectivity index (χ2v) is 3.07. The lowest BCUT2D eigenvalue weighted by Gasteiger charge is -2.18. The van der Waals surface area contributed by atoms with E-state index in [1.165, 1.54) is 4.90 Å². The van der Waals surface area contributed by atoms with Crippen molar-refractivity contribution < 1.29 is 19.8 Å². The summed E-state index contributed by atoms with van der Waals surface area (Å²) in [4.78, 5) is 22.9. The molecule has 0 aliphatic carbocycles. The molecule has 2 amide bonds. The first kappa shape index (κ1) is 13.7. The summed E-state index contributed by atoms with van der Waals surface area (Å²) in [5.74, 6) is -1.35. The van der Waals surface area contributed by atoms with Crippen molar-refractivity contribution in [3.63, 3.8) is 0 Å². The largest absolute Gasteiger partial charge is 0.479 e. The Morgan fingerprint density at radius 3 is 2.53 bits per heavy atom. The summed E-state index contributed by atoms with van der Waals surface area (Å²) in [5.41, 5.74) is 0. The van der Waals surface area contributed by atoms with Crippen LogP contribution in [0.3, 0.4) is 0 Å². The van der Waals surface area contributed by atoms with Crippen molar-refractivity contribution in [1.29, 1.82) is 0 Å². The summed E-state index contributed by atoms with van der Waals surface area (Å²) in [5, 5.41) is 22.4. The Bertz CT molecular complexity index is 222. The van der Waals surface area contributed by atoms with Gasteiger partial charge >= 0.3 is 12.0 Å². The third kappa shape index (κ3) is 5.87. The van der Waals surface area contributed by atoms with E-state index in [9.17, 15) is 9.59 Å². The first-order chi connectivity index (χ1) is 6.99. The first-order valence-electron chi connectivity index (χ1n) is 4.53. The van der Waals surface area contributed by atoms with E-state index in [1.54, 1.807) is 14.1 Å². The highest BCUT2D eigenvalue weighted by atomic mass is 16.4. The lowest BCUT2D eigenvalue weighted by atomic mass is 10.3. The van der Waals surface area contributed by atoms with Gasteiger partial charge in [-0.3, -0.25) is 0 Å². The molecule has 0 spiro atoms. The number of carboxylic acids is 1. The third-order valence-electron chi connectivity index (χ3n) is 1.78. The van der Waals surface area contributed by atoms with Crippen molar-refractivity contribution in [2.75, 3.05) is 33.7 Å². The number of rotatable bonds is 6. The van der Waals surface area contributed by atoms with Crippen molar-refractivity contribution in [3.05, 3.63) is 0 Å². The van der Waals surface area contributed by atoms with E-state index in [0.717, 1.165) is 0 Å². The molecule has 0 radical (unpaired) electrons. The van der Waals surface area contributed by atoms with Gasteiger partial charge in [0.2, 0.25) is 0 Å². The summed E-state index contributed by atoms with van der Waals surface area (Å²) in [6, 6.07) is -0.412. The second kappa shape index (κ2) is 7.02.